The van der Waals surface area contributed by atoms with Crippen LogP contribution in [0.25, 0.3) is 0 Å². The Kier molecular flexibility index (Phi) is 1.39. The summed E-state index contributed by atoms with van der Waals surface area (Å²) in [5, 5.41) is 5.58. The van der Waals surface area contributed by atoms with Gasteiger partial charge >= 0.3 is 12.1 Å². The lowest BCUT2D eigenvalue weighted by atomic mass is 9.99. The molecule has 0 aromatic heterocycles. The monoisotopic (exact) mass is 198 g/mol. The van der Waals surface area contributed by atoms with Crippen molar-refractivity contribution in [1.29, 1.82) is 0 Å². The van der Waals surface area contributed by atoms with Crippen LogP contribution in [0.15, 0.2) is 0 Å². The van der Waals surface area contributed by atoms with Gasteiger partial charge < -0.3 is 20.4 Å². The molecule has 0 aromatic carbocycles. The molecule has 2 aliphatic heterocycles. The van der Waals surface area contributed by atoms with Crippen LogP contribution < -0.4 is 10.6 Å². The molecule has 0 radical (unpaired) electrons. The quantitative estimate of drug-likeness (QED) is 0.562. The van der Waals surface area contributed by atoms with Crippen molar-refractivity contribution in [1.82, 2.24) is 20.4 Å². The van der Waals surface area contributed by atoms with Crippen molar-refractivity contribution < 1.29 is 9.59 Å². The van der Waals surface area contributed by atoms with Crippen LogP contribution in [0.2, 0.25) is 0 Å². The van der Waals surface area contributed by atoms with Gasteiger partial charge in [0.25, 0.3) is 0 Å². The third kappa shape index (κ3) is 0.681. The Morgan fingerprint density at radius 3 is 1.50 bits per heavy atom. The second-order valence-electron chi connectivity index (χ2n) is 4.12. The van der Waals surface area contributed by atoms with Gasteiger partial charge in [-0.05, 0) is 13.8 Å². The van der Waals surface area contributed by atoms with E-state index in [0.717, 1.165) is 0 Å². The van der Waals surface area contributed by atoms with Crippen molar-refractivity contribution in [3.63, 3.8) is 0 Å². The molecule has 2 fully saturated rings. The Morgan fingerprint density at radius 1 is 0.929 bits per heavy atom. The number of hydrogen-bond acceptors (Lipinski definition) is 2. The van der Waals surface area contributed by atoms with E-state index in [1.165, 1.54) is 9.80 Å². The molecule has 0 aromatic rings. The van der Waals surface area contributed by atoms with Gasteiger partial charge in [0.05, 0.1) is 0 Å². The van der Waals surface area contributed by atoms with Crippen molar-refractivity contribution >= 4 is 12.1 Å². The Morgan fingerprint density at radius 2 is 1.21 bits per heavy atom. The molecule has 14 heavy (non-hydrogen) atoms. The average molecular weight is 198 g/mol. The van der Waals surface area contributed by atoms with Crippen LogP contribution in [0.4, 0.5) is 9.59 Å². The summed E-state index contributed by atoms with van der Waals surface area (Å²) < 4.78 is 0. The molecular weight excluding hydrogens is 184 g/mol. The van der Waals surface area contributed by atoms with E-state index in [2.05, 4.69) is 10.6 Å². The molecule has 6 nitrogen and oxygen atoms in total. The third-order valence-electron chi connectivity index (χ3n) is 3.60. The SMILES string of the molecule is CN1C(=O)NC2(C)N(C)C(=O)NC12C. The highest BCUT2D eigenvalue weighted by atomic mass is 16.2. The largest absolute Gasteiger partial charge is 0.321 e. The lowest BCUT2D eigenvalue weighted by Crippen LogP contribution is -2.62. The van der Waals surface area contributed by atoms with Crippen molar-refractivity contribution in [3.05, 3.63) is 0 Å². The fourth-order valence-electron chi connectivity index (χ4n) is 2.05. The fourth-order valence-corrected chi connectivity index (χ4v) is 2.05. The molecule has 2 heterocycles. The van der Waals surface area contributed by atoms with Crippen LogP contribution in [-0.4, -0.2) is 47.3 Å². The highest BCUT2D eigenvalue weighted by Crippen LogP contribution is 2.37. The summed E-state index contributed by atoms with van der Waals surface area (Å²) in [6, 6.07) is -0.358. The normalized spacial score (nSPS) is 41.1. The van der Waals surface area contributed by atoms with Gasteiger partial charge in [0, 0.05) is 14.1 Å². The highest BCUT2D eigenvalue weighted by molar-refractivity contribution is 5.87. The summed E-state index contributed by atoms with van der Waals surface area (Å²) in [4.78, 5) is 26.0. The minimum Gasteiger partial charge on any atom is -0.311 e. The zero-order chi connectivity index (χ0) is 10.7. The molecule has 0 bridgehead atoms. The Hall–Kier alpha value is -1.46. The van der Waals surface area contributed by atoms with Crippen LogP contribution in [0, 0.1) is 0 Å². The minimum atomic E-state index is -0.685. The van der Waals surface area contributed by atoms with Crippen LogP contribution in [0.5, 0.6) is 0 Å². The van der Waals surface area contributed by atoms with Gasteiger partial charge in [0.1, 0.15) is 0 Å². The number of carbonyl (C=O) groups is 2. The van der Waals surface area contributed by atoms with E-state index < -0.39 is 11.3 Å². The number of nitrogens with zero attached hydrogens (tertiary/aromatic N) is 2. The summed E-state index contributed by atoms with van der Waals surface area (Å²) >= 11 is 0. The van der Waals surface area contributed by atoms with E-state index in [1.807, 2.05) is 13.8 Å². The maximum atomic E-state index is 11.5. The van der Waals surface area contributed by atoms with E-state index in [0.29, 0.717) is 0 Å². The predicted molar refractivity (Wildman–Crippen MR) is 49.4 cm³/mol. The summed E-state index contributed by atoms with van der Waals surface area (Å²) in [7, 11) is 3.33. The van der Waals surface area contributed by atoms with Gasteiger partial charge in [0.2, 0.25) is 0 Å². The van der Waals surface area contributed by atoms with E-state index in [4.69, 9.17) is 0 Å². The first kappa shape index (κ1) is 9.11. The number of amides is 4. The zero-order valence-electron chi connectivity index (χ0n) is 8.71. The standard InChI is InChI=1S/C8H14N4O2/c1-7-8(2,10-6(14)11(7)3)12(4)5(13)9-7/h1-4H3,(H,9,13)(H,10,14). The summed E-state index contributed by atoms with van der Waals surface area (Å²) in [6.07, 6.45) is 0. The van der Waals surface area contributed by atoms with Crippen LogP contribution in [0.1, 0.15) is 13.8 Å². The molecule has 4 amide bonds. The second kappa shape index (κ2) is 2.13. The third-order valence-corrected chi connectivity index (χ3v) is 3.60. The summed E-state index contributed by atoms with van der Waals surface area (Å²) in [6.45, 7) is 3.65. The van der Waals surface area contributed by atoms with Gasteiger partial charge in [-0.3, -0.25) is 0 Å². The number of likely N-dealkylation sites (N-methyl/N-ethyl adjacent to an activating group) is 2. The van der Waals surface area contributed by atoms with E-state index in [-0.39, 0.29) is 12.1 Å². The predicted octanol–water partition coefficient (Wildman–Crippen LogP) is -0.271. The average Bonchev–Trinajstić information content (AvgIpc) is 2.37. The summed E-state index contributed by atoms with van der Waals surface area (Å²) in [5.74, 6) is 0. The summed E-state index contributed by atoms with van der Waals surface area (Å²) in [5.41, 5.74) is -1.37. The topological polar surface area (TPSA) is 64.7 Å². The number of carbonyl (C=O) groups excluding carboxylic acids is 2. The first-order chi connectivity index (χ1) is 6.33. The number of fused-ring (bicyclic) bond motifs is 1. The first-order valence-corrected chi connectivity index (χ1v) is 4.45. The molecule has 0 spiro atoms. The molecule has 2 rings (SSSR count). The first-order valence-electron chi connectivity index (χ1n) is 4.45. The number of hydrogen-bond donors (Lipinski definition) is 2. The number of nitrogens with one attached hydrogen (secondary N) is 2. The molecule has 2 N–H and O–H groups in total. The number of urea groups is 2. The second-order valence-corrected chi connectivity index (χ2v) is 4.12. The highest BCUT2D eigenvalue weighted by Gasteiger charge is 2.65. The van der Waals surface area contributed by atoms with Gasteiger partial charge in [-0.15, -0.1) is 0 Å². The molecule has 78 valence electrons. The maximum Gasteiger partial charge on any atom is 0.321 e. The van der Waals surface area contributed by atoms with Gasteiger partial charge in [-0.1, -0.05) is 0 Å². The molecule has 2 atom stereocenters. The molecular formula is C8H14N4O2. The molecule has 0 aliphatic carbocycles. The fraction of sp³-hybridized carbons (Fsp3) is 0.750. The molecule has 2 aliphatic rings. The van der Waals surface area contributed by atoms with Crippen LogP contribution in [0.3, 0.4) is 0 Å². The van der Waals surface area contributed by atoms with Gasteiger partial charge in [-0.2, -0.15) is 0 Å². The van der Waals surface area contributed by atoms with Crippen molar-refractivity contribution in [2.45, 2.75) is 25.2 Å². The minimum absolute atomic E-state index is 0.179. The van der Waals surface area contributed by atoms with Crippen LogP contribution >= 0.6 is 0 Å². The lowest BCUT2D eigenvalue weighted by Gasteiger charge is -2.37. The van der Waals surface area contributed by atoms with Crippen LogP contribution in [-0.2, 0) is 0 Å². The van der Waals surface area contributed by atoms with Gasteiger partial charge in [0.15, 0.2) is 11.3 Å². The van der Waals surface area contributed by atoms with Crippen molar-refractivity contribution in [3.8, 4) is 0 Å². The lowest BCUT2D eigenvalue weighted by molar-refractivity contribution is 0.0859. The molecule has 2 saturated heterocycles. The van der Waals surface area contributed by atoms with E-state index in [9.17, 15) is 9.59 Å². The van der Waals surface area contributed by atoms with Crippen molar-refractivity contribution in [2.24, 2.45) is 0 Å². The van der Waals surface area contributed by atoms with Crippen molar-refractivity contribution in [2.75, 3.05) is 14.1 Å². The Labute approximate surface area is 82.2 Å². The van der Waals surface area contributed by atoms with E-state index in [1.54, 1.807) is 14.1 Å². The molecule has 6 heteroatoms. The number of rotatable bonds is 0. The van der Waals surface area contributed by atoms with Gasteiger partial charge in [-0.25, -0.2) is 9.59 Å². The zero-order valence-corrected chi connectivity index (χ0v) is 8.71. The molecule has 0 saturated carbocycles. The Bertz CT molecular complexity index is 299. The Balaban J connectivity index is 2.51. The van der Waals surface area contributed by atoms with E-state index >= 15 is 0 Å². The maximum absolute atomic E-state index is 11.5. The smallest absolute Gasteiger partial charge is 0.311 e. The molecule has 2 unspecified atom stereocenters.